The van der Waals surface area contributed by atoms with Crippen molar-refractivity contribution in [2.45, 2.75) is 19.5 Å². The van der Waals surface area contributed by atoms with Crippen LogP contribution in [0, 0.1) is 5.41 Å². The Morgan fingerprint density at radius 2 is 1.88 bits per heavy atom. The van der Waals surface area contributed by atoms with Gasteiger partial charge in [0.2, 0.25) is 5.62 Å². The molecule has 1 heterocycles. The molecule has 0 aliphatic rings. The minimum Gasteiger partial charge on any atom is -0.385 e. The van der Waals surface area contributed by atoms with Gasteiger partial charge in [0, 0.05) is 25.8 Å². The first-order chi connectivity index (χ1) is 12.1. The summed E-state index contributed by atoms with van der Waals surface area (Å²) in [6.45, 7) is 1.32. The molecule has 2 aromatic carbocycles. The van der Waals surface area contributed by atoms with E-state index in [1.807, 2.05) is 34.9 Å². The lowest BCUT2D eigenvalue weighted by Crippen LogP contribution is -2.27. The third-order valence-electron chi connectivity index (χ3n) is 4.17. The molecule has 0 aliphatic carbocycles. The molecule has 0 bridgehead atoms. The molecule has 0 amide bonds. The molecule has 5 nitrogen and oxygen atoms in total. The van der Waals surface area contributed by atoms with Gasteiger partial charge in [-0.3, -0.25) is 10.2 Å². The van der Waals surface area contributed by atoms with Gasteiger partial charge in [-0.05, 0) is 18.6 Å². The Kier molecular flexibility index (Phi) is 5.36. The quantitative estimate of drug-likeness (QED) is 0.519. The van der Waals surface area contributed by atoms with E-state index in [-0.39, 0.29) is 17.9 Å². The lowest BCUT2D eigenvalue weighted by Gasteiger charge is -2.05. The summed E-state index contributed by atoms with van der Waals surface area (Å²) < 4.78 is 8.66. The third kappa shape index (κ3) is 3.52. The number of fused-ring (bicyclic) bond motifs is 1. The number of carbonyl (C=O) groups excluding carboxylic acids is 1. The standard InChI is InChI=1S/C19H20ClN3O2/c1-25-12-6-11-22-18-15(20)9-5-10-16(18)23(19(22)21)13-17(24)14-7-3-2-4-8-14/h2-5,7-10,21H,6,11-13H2,1H3. The largest absolute Gasteiger partial charge is 0.385 e. The fourth-order valence-electron chi connectivity index (χ4n) is 2.96. The second kappa shape index (κ2) is 7.68. The van der Waals surface area contributed by atoms with Crippen molar-refractivity contribution in [2.75, 3.05) is 13.7 Å². The molecule has 0 radical (unpaired) electrons. The highest BCUT2D eigenvalue weighted by molar-refractivity contribution is 6.35. The van der Waals surface area contributed by atoms with Crippen LogP contribution in [0.15, 0.2) is 48.5 Å². The number of halogens is 1. The summed E-state index contributed by atoms with van der Waals surface area (Å²) >= 11 is 6.38. The van der Waals surface area contributed by atoms with Crippen molar-refractivity contribution in [3.05, 3.63) is 64.7 Å². The van der Waals surface area contributed by atoms with Crippen molar-refractivity contribution in [2.24, 2.45) is 0 Å². The lowest BCUT2D eigenvalue weighted by atomic mass is 10.1. The second-order valence-corrected chi connectivity index (χ2v) is 6.21. The maximum absolute atomic E-state index is 12.6. The van der Waals surface area contributed by atoms with Crippen LogP contribution in [0.25, 0.3) is 11.0 Å². The molecule has 0 fully saturated rings. The topological polar surface area (TPSA) is 60.0 Å². The molecule has 1 N–H and O–H groups in total. The van der Waals surface area contributed by atoms with Crippen molar-refractivity contribution >= 4 is 28.4 Å². The van der Waals surface area contributed by atoms with E-state index in [4.69, 9.17) is 21.7 Å². The van der Waals surface area contributed by atoms with Crippen LogP contribution < -0.4 is 5.62 Å². The van der Waals surface area contributed by atoms with Crippen LogP contribution in [0.2, 0.25) is 5.02 Å². The van der Waals surface area contributed by atoms with E-state index in [0.717, 1.165) is 17.5 Å². The number of ketones is 1. The monoisotopic (exact) mass is 357 g/mol. The molecule has 3 aromatic rings. The molecular formula is C19H20ClN3O2. The van der Waals surface area contributed by atoms with Crippen molar-refractivity contribution in [1.82, 2.24) is 9.13 Å². The zero-order chi connectivity index (χ0) is 17.8. The maximum Gasteiger partial charge on any atom is 0.203 e. The molecule has 0 unspecified atom stereocenters. The number of nitrogens with zero attached hydrogens (tertiary/aromatic N) is 2. The molecule has 130 valence electrons. The van der Waals surface area contributed by atoms with Crippen LogP contribution in [0.3, 0.4) is 0 Å². The van der Waals surface area contributed by atoms with Crippen LogP contribution in [0.4, 0.5) is 0 Å². The first-order valence-electron chi connectivity index (χ1n) is 8.13. The van der Waals surface area contributed by atoms with Crippen molar-refractivity contribution in [1.29, 1.82) is 5.41 Å². The number of aromatic nitrogens is 2. The summed E-state index contributed by atoms with van der Waals surface area (Å²) in [5.41, 5.74) is 2.48. The maximum atomic E-state index is 12.6. The van der Waals surface area contributed by atoms with Crippen LogP contribution >= 0.6 is 11.6 Å². The molecule has 6 heteroatoms. The Bertz CT molecular complexity index is 944. The van der Waals surface area contributed by atoms with Gasteiger partial charge in [-0.1, -0.05) is 48.0 Å². The Balaban J connectivity index is 2.03. The number of Topliss-reactive ketones (excluding diaryl/α,β-unsaturated/α-hetero) is 1. The number of rotatable bonds is 7. The number of ether oxygens (including phenoxy) is 1. The molecule has 1 aromatic heterocycles. The SMILES string of the molecule is COCCCn1c(=N)n(CC(=O)c2ccccc2)c2cccc(Cl)c21. The smallest absolute Gasteiger partial charge is 0.203 e. The Hall–Kier alpha value is -2.37. The van der Waals surface area contributed by atoms with Gasteiger partial charge in [0.25, 0.3) is 0 Å². The van der Waals surface area contributed by atoms with Crippen molar-refractivity contribution < 1.29 is 9.53 Å². The number of nitrogens with one attached hydrogen (secondary N) is 1. The van der Waals surface area contributed by atoms with Crippen LogP contribution in [0.1, 0.15) is 16.8 Å². The highest BCUT2D eigenvalue weighted by Gasteiger charge is 2.16. The van der Waals surface area contributed by atoms with E-state index in [1.54, 1.807) is 29.9 Å². The molecule has 0 spiro atoms. The number of hydrogen-bond donors (Lipinski definition) is 1. The Labute approximate surface area is 150 Å². The minimum absolute atomic E-state index is 0.0324. The van der Waals surface area contributed by atoms with Gasteiger partial charge >= 0.3 is 0 Å². The summed E-state index contributed by atoms with van der Waals surface area (Å²) in [4.78, 5) is 12.6. The summed E-state index contributed by atoms with van der Waals surface area (Å²) in [7, 11) is 1.65. The van der Waals surface area contributed by atoms with Gasteiger partial charge in [0.05, 0.1) is 22.6 Å². The predicted octanol–water partition coefficient (Wildman–Crippen LogP) is 3.50. The number of methoxy groups -OCH3 is 1. The van der Waals surface area contributed by atoms with Crippen LogP contribution in [-0.4, -0.2) is 28.6 Å². The summed E-state index contributed by atoms with van der Waals surface area (Å²) in [6.07, 6.45) is 0.768. The van der Waals surface area contributed by atoms with Crippen molar-refractivity contribution in [3.8, 4) is 0 Å². The van der Waals surface area contributed by atoms with Crippen LogP contribution in [0.5, 0.6) is 0 Å². The predicted molar refractivity (Wildman–Crippen MR) is 98.1 cm³/mol. The fraction of sp³-hybridized carbons (Fsp3) is 0.263. The van der Waals surface area contributed by atoms with E-state index in [2.05, 4.69) is 0 Å². The molecule has 0 saturated heterocycles. The van der Waals surface area contributed by atoms with Gasteiger partial charge in [-0.25, -0.2) is 0 Å². The minimum atomic E-state index is -0.0324. The van der Waals surface area contributed by atoms with Gasteiger partial charge in [0.15, 0.2) is 5.78 Å². The summed E-state index contributed by atoms with van der Waals surface area (Å²) in [5.74, 6) is -0.0324. The molecule has 0 atom stereocenters. The number of aryl methyl sites for hydroxylation is 1. The number of para-hydroxylation sites is 1. The average molecular weight is 358 g/mol. The normalized spacial score (nSPS) is 11.1. The summed E-state index contributed by atoms with van der Waals surface area (Å²) in [6, 6.07) is 14.7. The lowest BCUT2D eigenvalue weighted by molar-refractivity contribution is 0.0971. The Morgan fingerprint density at radius 1 is 1.12 bits per heavy atom. The van der Waals surface area contributed by atoms with Crippen LogP contribution in [-0.2, 0) is 17.8 Å². The molecule has 3 rings (SSSR count). The molecule has 25 heavy (non-hydrogen) atoms. The Morgan fingerprint density at radius 3 is 2.60 bits per heavy atom. The van der Waals surface area contributed by atoms with Crippen molar-refractivity contribution in [3.63, 3.8) is 0 Å². The zero-order valence-electron chi connectivity index (χ0n) is 14.0. The first-order valence-corrected chi connectivity index (χ1v) is 8.50. The second-order valence-electron chi connectivity index (χ2n) is 5.80. The van der Waals surface area contributed by atoms with Gasteiger partial charge in [-0.2, -0.15) is 0 Å². The molecular weight excluding hydrogens is 338 g/mol. The van der Waals surface area contributed by atoms with Gasteiger partial charge in [0.1, 0.15) is 0 Å². The number of imidazole rings is 1. The first kappa shape index (κ1) is 17.5. The van der Waals surface area contributed by atoms with E-state index in [9.17, 15) is 4.79 Å². The van der Waals surface area contributed by atoms with E-state index < -0.39 is 0 Å². The highest BCUT2D eigenvalue weighted by atomic mass is 35.5. The van der Waals surface area contributed by atoms with E-state index >= 15 is 0 Å². The van der Waals surface area contributed by atoms with Gasteiger partial charge in [-0.15, -0.1) is 0 Å². The zero-order valence-corrected chi connectivity index (χ0v) is 14.8. The highest BCUT2D eigenvalue weighted by Crippen LogP contribution is 2.23. The number of hydrogen-bond acceptors (Lipinski definition) is 3. The number of carbonyl (C=O) groups is 1. The fourth-order valence-corrected chi connectivity index (χ4v) is 3.23. The van der Waals surface area contributed by atoms with E-state index in [0.29, 0.717) is 23.7 Å². The molecule has 0 saturated carbocycles. The molecule has 0 aliphatic heterocycles. The number of benzene rings is 2. The average Bonchev–Trinajstić information content (AvgIpc) is 2.89. The van der Waals surface area contributed by atoms with E-state index in [1.165, 1.54) is 0 Å². The third-order valence-corrected chi connectivity index (χ3v) is 4.47. The summed E-state index contributed by atoms with van der Waals surface area (Å²) in [5, 5.41) is 9.12. The van der Waals surface area contributed by atoms with Gasteiger partial charge < -0.3 is 13.9 Å².